The lowest BCUT2D eigenvalue weighted by Gasteiger charge is -2.09. The highest BCUT2D eigenvalue weighted by atomic mass is 35.5. The lowest BCUT2D eigenvalue weighted by Crippen LogP contribution is -2.18. The number of amides is 1. The Hall–Kier alpha value is -3.88. The average Bonchev–Trinajstić information content (AvgIpc) is 2.81. The van der Waals surface area contributed by atoms with Gasteiger partial charge in [-0.15, -0.1) is 0 Å². The van der Waals surface area contributed by atoms with E-state index in [2.05, 4.69) is 15.2 Å². The van der Waals surface area contributed by atoms with Crippen LogP contribution in [-0.2, 0) is 10.0 Å². The van der Waals surface area contributed by atoms with Gasteiger partial charge >= 0.3 is 0 Å². The Labute approximate surface area is 195 Å². The first kappa shape index (κ1) is 22.3. The van der Waals surface area contributed by atoms with Gasteiger partial charge in [0.05, 0.1) is 11.1 Å². The number of carbonyl (C=O) groups excluding carboxylic acids is 1. The van der Waals surface area contributed by atoms with Crippen molar-refractivity contribution >= 4 is 50.2 Å². The van der Waals surface area contributed by atoms with Gasteiger partial charge in [0.2, 0.25) is 0 Å². The van der Waals surface area contributed by atoms with Crippen molar-refractivity contribution in [2.75, 3.05) is 4.72 Å². The minimum atomic E-state index is -3.79. The molecule has 0 aromatic heterocycles. The van der Waals surface area contributed by atoms with Crippen LogP contribution in [0.3, 0.4) is 0 Å². The largest absolute Gasteiger partial charge is 0.507 e. The zero-order chi connectivity index (χ0) is 23.4. The van der Waals surface area contributed by atoms with E-state index in [1.165, 1.54) is 54.7 Å². The van der Waals surface area contributed by atoms with Crippen LogP contribution in [0.25, 0.3) is 10.8 Å². The highest BCUT2D eigenvalue weighted by Crippen LogP contribution is 2.25. The van der Waals surface area contributed by atoms with E-state index in [1.54, 1.807) is 12.1 Å². The van der Waals surface area contributed by atoms with E-state index in [-0.39, 0.29) is 16.2 Å². The summed E-state index contributed by atoms with van der Waals surface area (Å²) in [6.45, 7) is 0. The average molecular weight is 480 g/mol. The smallest absolute Gasteiger partial charge is 0.271 e. The number of halogens is 1. The van der Waals surface area contributed by atoms with Crippen molar-refractivity contribution in [2.24, 2.45) is 5.10 Å². The molecule has 0 aliphatic heterocycles. The summed E-state index contributed by atoms with van der Waals surface area (Å²) in [5.74, 6) is -0.442. The topological polar surface area (TPSA) is 108 Å². The molecule has 0 heterocycles. The normalized spacial score (nSPS) is 11.5. The van der Waals surface area contributed by atoms with Gasteiger partial charge in [0.1, 0.15) is 5.75 Å². The second-order valence-corrected chi connectivity index (χ2v) is 9.17. The fourth-order valence-electron chi connectivity index (χ4n) is 3.16. The van der Waals surface area contributed by atoms with Crippen LogP contribution < -0.4 is 10.1 Å². The van der Waals surface area contributed by atoms with Crippen LogP contribution in [0.4, 0.5) is 5.69 Å². The number of nitrogens with one attached hydrogen (secondary N) is 2. The number of sulfonamides is 1. The quantitative estimate of drug-likeness (QED) is 0.273. The summed E-state index contributed by atoms with van der Waals surface area (Å²) in [7, 11) is -3.79. The third-order valence-electron chi connectivity index (χ3n) is 4.83. The van der Waals surface area contributed by atoms with Crippen LogP contribution in [0, 0.1) is 0 Å². The number of anilines is 1. The number of nitrogens with zero attached hydrogens (tertiary/aromatic N) is 1. The number of hydrogen-bond donors (Lipinski definition) is 3. The van der Waals surface area contributed by atoms with Gasteiger partial charge in [0, 0.05) is 21.8 Å². The van der Waals surface area contributed by atoms with Gasteiger partial charge in [0.15, 0.2) is 0 Å². The fourth-order valence-corrected chi connectivity index (χ4v) is 4.34. The zero-order valence-electron chi connectivity index (χ0n) is 17.1. The van der Waals surface area contributed by atoms with Gasteiger partial charge in [0.25, 0.3) is 15.9 Å². The van der Waals surface area contributed by atoms with E-state index in [4.69, 9.17) is 11.6 Å². The van der Waals surface area contributed by atoms with Gasteiger partial charge in [-0.1, -0.05) is 41.9 Å². The molecule has 1 amide bonds. The first-order chi connectivity index (χ1) is 15.8. The number of rotatable bonds is 6. The van der Waals surface area contributed by atoms with Crippen LogP contribution >= 0.6 is 11.6 Å². The maximum Gasteiger partial charge on any atom is 0.271 e. The Bertz CT molecular complexity index is 1450. The number of fused-ring (bicyclic) bond motifs is 1. The van der Waals surface area contributed by atoms with Crippen LogP contribution in [0.15, 0.2) is 94.9 Å². The molecule has 0 saturated carbocycles. The van der Waals surface area contributed by atoms with E-state index in [0.29, 0.717) is 16.3 Å². The van der Waals surface area contributed by atoms with Gasteiger partial charge in [-0.05, 0) is 65.4 Å². The molecule has 4 aromatic carbocycles. The molecule has 0 radical (unpaired) electrons. The zero-order valence-corrected chi connectivity index (χ0v) is 18.6. The summed E-state index contributed by atoms with van der Waals surface area (Å²) in [5.41, 5.74) is 3.47. The third kappa shape index (κ3) is 5.14. The Balaban J connectivity index is 1.44. The maximum absolute atomic E-state index is 12.5. The number of carbonyl (C=O) groups is 1. The highest BCUT2D eigenvalue weighted by Gasteiger charge is 2.14. The fraction of sp³-hybridized carbons (Fsp3) is 0. The SMILES string of the molecule is O=C(N/N=C/c1c(O)ccc2ccccc12)c1ccc(NS(=O)(=O)c2ccc(Cl)cc2)cc1. The van der Waals surface area contributed by atoms with Crippen molar-refractivity contribution in [1.82, 2.24) is 5.43 Å². The number of phenolic OH excluding ortho intramolecular Hbond substituents is 1. The number of hydrogen-bond acceptors (Lipinski definition) is 5. The van der Waals surface area contributed by atoms with Crippen LogP contribution in [0.2, 0.25) is 5.02 Å². The Morgan fingerprint density at radius 2 is 1.61 bits per heavy atom. The molecule has 7 nitrogen and oxygen atoms in total. The second kappa shape index (κ2) is 9.32. The molecule has 0 spiro atoms. The predicted octanol–water partition coefficient (Wildman–Crippen LogP) is 4.76. The minimum absolute atomic E-state index is 0.0454. The Kier molecular flexibility index (Phi) is 6.30. The summed E-state index contributed by atoms with van der Waals surface area (Å²) in [6, 6.07) is 22.5. The first-order valence-electron chi connectivity index (χ1n) is 9.76. The highest BCUT2D eigenvalue weighted by molar-refractivity contribution is 7.92. The molecule has 9 heteroatoms. The maximum atomic E-state index is 12.5. The molecule has 0 aliphatic rings. The Morgan fingerprint density at radius 1 is 0.909 bits per heavy atom. The molecule has 4 aromatic rings. The number of phenols is 1. The summed E-state index contributed by atoms with van der Waals surface area (Å²) in [5, 5.41) is 16.3. The number of benzene rings is 4. The molecule has 33 heavy (non-hydrogen) atoms. The van der Waals surface area contributed by atoms with Crippen LogP contribution in [-0.4, -0.2) is 25.6 Å². The van der Waals surface area contributed by atoms with E-state index in [1.807, 2.05) is 24.3 Å². The standard InChI is InChI=1S/C24H18ClN3O4S/c25-18-8-12-20(13-9-18)33(31,32)28-19-10-5-17(6-11-19)24(30)27-26-15-22-21-4-2-1-3-16(21)7-14-23(22)29/h1-15,28-29H,(H,27,30)/b26-15+. The van der Waals surface area contributed by atoms with Crippen LogP contribution in [0.5, 0.6) is 5.75 Å². The molecule has 0 bridgehead atoms. The molecule has 0 atom stereocenters. The third-order valence-corrected chi connectivity index (χ3v) is 6.48. The summed E-state index contributed by atoms with van der Waals surface area (Å²) >= 11 is 5.80. The number of aromatic hydroxyl groups is 1. The molecular formula is C24H18ClN3O4S. The molecule has 166 valence electrons. The van der Waals surface area contributed by atoms with E-state index < -0.39 is 15.9 Å². The van der Waals surface area contributed by atoms with Crippen molar-refractivity contribution in [2.45, 2.75) is 4.90 Å². The van der Waals surface area contributed by atoms with Crippen molar-refractivity contribution in [3.63, 3.8) is 0 Å². The molecule has 3 N–H and O–H groups in total. The molecule has 4 rings (SSSR count). The van der Waals surface area contributed by atoms with Crippen molar-refractivity contribution in [1.29, 1.82) is 0 Å². The molecule has 0 fully saturated rings. The summed E-state index contributed by atoms with van der Waals surface area (Å²) in [4.78, 5) is 12.5. The van der Waals surface area contributed by atoms with Gasteiger partial charge < -0.3 is 5.11 Å². The molecule has 0 aliphatic carbocycles. The van der Waals surface area contributed by atoms with Gasteiger partial charge in [-0.3, -0.25) is 9.52 Å². The lowest BCUT2D eigenvalue weighted by molar-refractivity contribution is 0.0955. The van der Waals surface area contributed by atoms with Crippen molar-refractivity contribution in [3.8, 4) is 5.75 Å². The van der Waals surface area contributed by atoms with E-state index >= 15 is 0 Å². The van der Waals surface area contributed by atoms with Gasteiger partial charge in [-0.2, -0.15) is 5.10 Å². The summed E-state index contributed by atoms with van der Waals surface area (Å²) in [6.07, 6.45) is 1.38. The Morgan fingerprint density at radius 3 is 2.33 bits per heavy atom. The van der Waals surface area contributed by atoms with Crippen molar-refractivity contribution in [3.05, 3.63) is 101 Å². The lowest BCUT2D eigenvalue weighted by atomic mass is 10.0. The second-order valence-electron chi connectivity index (χ2n) is 7.06. The molecule has 0 unspecified atom stereocenters. The minimum Gasteiger partial charge on any atom is -0.507 e. The van der Waals surface area contributed by atoms with E-state index in [0.717, 1.165) is 10.8 Å². The predicted molar refractivity (Wildman–Crippen MR) is 129 cm³/mol. The molecular weight excluding hydrogens is 462 g/mol. The monoisotopic (exact) mass is 479 g/mol. The van der Waals surface area contributed by atoms with Gasteiger partial charge in [-0.25, -0.2) is 13.8 Å². The van der Waals surface area contributed by atoms with E-state index in [9.17, 15) is 18.3 Å². The molecule has 0 saturated heterocycles. The summed E-state index contributed by atoms with van der Waals surface area (Å²) < 4.78 is 27.4. The van der Waals surface area contributed by atoms with Crippen molar-refractivity contribution < 1.29 is 18.3 Å². The van der Waals surface area contributed by atoms with Crippen LogP contribution in [0.1, 0.15) is 15.9 Å². The first-order valence-corrected chi connectivity index (χ1v) is 11.6. The number of hydrazone groups is 1.